The maximum absolute atomic E-state index is 14.6. The van der Waals surface area contributed by atoms with Gasteiger partial charge in [-0.25, -0.2) is 15.0 Å². The van der Waals surface area contributed by atoms with E-state index >= 15 is 0 Å². The molecule has 64 heavy (non-hydrogen) atoms. The molecule has 2 fully saturated rings. The molecule has 2 aliphatic carbocycles. The van der Waals surface area contributed by atoms with Gasteiger partial charge in [0.15, 0.2) is 29.1 Å². The van der Waals surface area contributed by atoms with E-state index in [1.54, 1.807) is 18.3 Å². The van der Waals surface area contributed by atoms with Gasteiger partial charge in [-0.1, -0.05) is 75.4 Å². The molecule has 2 aromatic carbocycles. The molecule has 2 saturated carbocycles. The van der Waals surface area contributed by atoms with Crippen molar-refractivity contribution in [2.24, 2.45) is 4.99 Å². The average molecular weight is 863 g/mol. The van der Waals surface area contributed by atoms with E-state index in [-0.39, 0.29) is 35.6 Å². The van der Waals surface area contributed by atoms with Crippen molar-refractivity contribution in [3.8, 4) is 28.2 Å². The number of amidine groups is 1. The first-order valence-corrected chi connectivity index (χ1v) is 22.7. The van der Waals surface area contributed by atoms with Crippen molar-refractivity contribution < 1.29 is 13.2 Å². The van der Waals surface area contributed by atoms with E-state index in [4.69, 9.17) is 30.3 Å². The predicted molar refractivity (Wildman–Crippen MR) is 239 cm³/mol. The summed E-state index contributed by atoms with van der Waals surface area (Å²) in [6, 6.07) is 18.1. The summed E-state index contributed by atoms with van der Waals surface area (Å²) in [6.07, 6.45) is 10.4. The molecule has 0 bridgehead atoms. The van der Waals surface area contributed by atoms with Crippen LogP contribution in [0.15, 0.2) is 95.9 Å². The second-order valence-corrected chi connectivity index (χ2v) is 17.5. The van der Waals surface area contributed by atoms with Gasteiger partial charge in [-0.15, -0.1) is 20.4 Å². The third-order valence-electron chi connectivity index (χ3n) is 14.0. The lowest BCUT2D eigenvalue weighted by Gasteiger charge is -2.49. The number of anilines is 1. The van der Waals surface area contributed by atoms with Gasteiger partial charge in [-0.2, -0.15) is 13.2 Å². The number of fused-ring (bicyclic) bond motifs is 6. The minimum absolute atomic E-state index is 0.0575. The Balaban J connectivity index is 0.983. The van der Waals surface area contributed by atoms with Crippen molar-refractivity contribution in [3.63, 3.8) is 0 Å². The van der Waals surface area contributed by atoms with Crippen LogP contribution in [0.3, 0.4) is 0 Å². The monoisotopic (exact) mass is 862 g/mol. The van der Waals surface area contributed by atoms with Crippen LogP contribution in [-0.2, 0) is 6.18 Å². The second kappa shape index (κ2) is 15.6. The van der Waals surface area contributed by atoms with Crippen molar-refractivity contribution in [1.82, 2.24) is 49.4 Å². The summed E-state index contributed by atoms with van der Waals surface area (Å²) < 4.78 is 48.1. The number of hydrogen-bond donors (Lipinski definition) is 0. The molecular formula is C49H49F3N12. The molecule has 2 unspecified atom stereocenters. The Morgan fingerprint density at radius 3 is 2.19 bits per heavy atom. The Kier molecular flexibility index (Phi) is 9.84. The van der Waals surface area contributed by atoms with Crippen LogP contribution in [0.1, 0.15) is 131 Å². The normalized spacial score (nSPS) is 21.8. The van der Waals surface area contributed by atoms with Crippen molar-refractivity contribution in [3.05, 3.63) is 125 Å². The molecule has 4 aromatic heterocycles. The van der Waals surface area contributed by atoms with E-state index in [1.165, 1.54) is 12.1 Å². The summed E-state index contributed by atoms with van der Waals surface area (Å²) in [4.78, 5) is 25.0. The number of nitrogens with zero attached hydrogens (tertiary/aromatic N) is 12. The third-order valence-corrected chi connectivity index (χ3v) is 14.0. The molecule has 6 aromatic rings. The lowest BCUT2D eigenvalue weighted by molar-refractivity contribution is -0.137. The van der Waals surface area contributed by atoms with Gasteiger partial charge in [0.25, 0.3) is 0 Å². The van der Waals surface area contributed by atoms with Gasteiger partial charge in [-0.3, -0.25) is 14.1 Å². The lowest BCUT2D eigenvalue weighted by Crippen LogP contribution is -2.51. The van der Waals surface area contributed by atoms with E-state index in [0.717, 1.165) is 114 Å². The van der Waals surface area contributed by atoms with Gasteiger partial charge in [0.05, 0.1) is 35.2 Å². The fourth-order valence-corrected chi connectivity index (χ4v) is 10.6. The first kappa shape index (κ1) is 40.3. The molecule has 0 spiro atoms. The van der Waals surface area contributed by atoms with E-state index in [9.17, 15) is 13.2 Å². The molecule has 5 aliphatic rings. The van der Waals surface area contributed by atoms with Crippen LogP contribution in [0.2, 0.25) is 0 Å². The van der Waals surface area contributed by atoms with Crippen molar-refractivity contribution >= 4 is 23.0 Å². The summed E-state index contributed by atoms with van der Waals surface area (Å²) in [5, 5.41) is 19.2. The van der Waals surface area contributed by atoms with Gasteiger partial charge in [0, 0.05) is 47.1 Å². The number of pyridine rings is 1. The molecular weight excluding hydrogens is 814 g/mol. The molecule has 15 heteroatoms. The topological polar surface area (TPSA) is 119 Å². The number of hydrogen-bond acceptors (Lipinski definition) is 10. The molecule has 326 valence electrons. The van der Waals surface area contributed by atoms with E-state index in [1.807, 2.05) is 50.5 Å². The third kappa shape index (κ3) is 6.32. The minimum Gasteiger partial charge on any atom is -0.342 e. The highest BCUT2D eigenvalue weighted by molar-refractivity contribution is 6.20. The maximum Gasteiger partial charge on any atom is 0.417 e. The Labute approximate surface area is 369 Å². The Morgan fingerprint density at radius 2 is 1.45 bits per heavy atom. The Morgan fingerprint density at radius 1 is 0.734 bits per heavy atom. The molecule has 0 radical (unpaired) electrons. The van der Waals surface area contributed by atoms with Crippen LogP contribution >= 0.6 is 0 Å². The van der Waals surface area contributed by atoms with Gasteiger partial charge in [0.2, 0.25) is 0 Å². The number of benzene rings is 2. The summed E-state index contributed by atoms with van der Waals surface area (Å²) in [7, 11) is 0. The van der Waals surface area contributed by atoms with Crippen molar-refractivity contribution in [2.45, 2.75) is 122 Å². The van der Waals surface area contributed by atoms with Crippen LogP contribution in [-0.4, -0.2) is 67.3 Å². The molecule has 12 nitrogen and oxygen atoms in total. The number of halogens is 3. The summed E-state index contributed by atoms with van der Waals surface area (Å²) in [5.74, 6) is 5.62. The molecule has 11 rings (SSSR count). The zero-order chi connectivity index (χ0) is 43.9. The number of allylic oxidation sites excluding steroid dienone is 2. The van der Waals surface area contributed by atoms with E-state index in [2.05, 4.69) is 61.1 Å². The van der Waals surface area contributed by atoms with E-state index < -0.39 is 11.7 Å². The summed E-state index contributed by atoms with van der Waals surface area (Å²) >= 11 is 0. The lowest BCUT2D eigenvalue weighted by atomic mass is 9.77. The zero-order valence-corrected chi connectivity index (χ0v) is 36.3. The molecule has 0 saturated heterocycles. The highest BCUT2D eigenvalue weighted by Crippen LogP contribution is 2.51. The van der Waals surface area contributed by atoms with Gasteiger partial charge >= 0.3 is 6.18 Å². The van der Waals surface area contributed by atoms with Gasteiger partial charge < -0.3 is 9.80 Å². The largest absolute Gasteiger partial charge is 0.417 e. The van der Waals surface area contributed by atoms with Crippen LogP contribution in [0, 0.1) is 6.92 Å². The Hall–Kier alpha value is -6.51. The number of rotatable bonds is 9. The van der Waals surface area contributed by atoms with Crippen LogP contribution in [0.25, 0.3) is 39.6 Å². The molecule has 2 atom stereocenters. The number of alkyl halides is 3. The number of aliphatic imine (C=N–C) groups is 1. The average Bonchev–Trinajstić information content (AvgIpc) is 3.83. The molecule has 7 heterocycles. The zero-order valence-electron chi connectivity index (χ0n) is 36.3. The molecule has 0 N–H and O–H groups in total. The number of aromatic nitrogens is 9. The molecule has 3 aliphatic heterocycles. The highest BCUT2D eigenvalue weighted by Gasteiger charge is 2.49. The predicted octanol–water partition coefficient (Wildman–Crippen LogP) is 10.7. The van der Waals surface area contributed by atoms with Crippen LogP contribution < -0.4 is 4.90 Å². The van der Waals surface area contributed by atoms with Crippen LogP contribution in [0.5, 0.6) is 0 Å². The molecule has 0 amide bonds. The fraction of sp³-hybridized carbons (Fsp3) is 0.388. The SMILES string of the molecule is CCC1=C(c2ccccc2C(F)(F)F)N=C2C(=CC1)n1c(C3CC(N4c5nc(-c6ccncc6-c6ccccc6)ncc5-n5c(C)nnc5C4CC)C3)nnc1C(CC)N2C1CCC1. The van der Waals surface area contributed by atoms with Gasteiger partial charge in [-0.05, 0) is 88.0 Å². The standard InChI is InChI=1S/C49H49F3N12/c1-5-29-20-21-40-45(55-42(29)35-18-11-12-19-37(35)49(50,51)52)62(32-16-13-17-32)39(7-3)48-60-58-44(64(40)48)31-24-33(25-31)63-38(6-2)47-59-57-28(4)61(47)41-27-54-43(56-46(41)63)34-22-23-53-26-36(34)30-14-9-8-10-15-30/h8-12,14-15,18-19,21-23,26-27,31-33,38-39H,5-7,13,16-17,20,24-25H2,1-4H3. The maximum atomic E-state index is 14.6. The van der Waals surface area contributed by atoms with Gasteiger partial charge in [0.1, 0.15) is 17.3 Å². The van der Waals surface area contributed by atoms with Crippen LogP contribution in [0.4, 0.5) is 19.0 Å². The first-order valence-electron chi connectivity index (χ1n) is 22.7. The summed E-state index contributed by atoms with van der Waals surface area (Å²) in [5.41, 5.74) is 5.33. The smallest absolute Gasteiger partial charge is 0.342 e. The van der Waals surface area contributed by atoms with Crippen molar-refractivity contribution in [1.29, 1.82) is 0 Å². The van der Waals surface area contributed by atoms with E-state index in [0.29, 0.717) is 24.4 Å². The summed E-state index contributed by atoms with van der Waals surface area (Å²) in [6.45, 7) is 8.30. The number of aryl methyl sites for hydroxylation is 1. The van der Waals surface area contributed by atoms with Crippen molar-refractivity contribution in [2.75, 3.05) is 4.90 Å². The first-order chi connectivity index (χ1) is 31.2. The second-order valence-electron chi connectivity index (χ2n) is 17.5. The Bertz CT molecular complexity index is 2860. The quantitative estimate of drug-likeness (QED) is 0.140. The minimum atomic E-state index is -4.52. The fourth-order valence-electron chi connectivity index (χ4n) is 10.6. The highest BCUT2D eigenvalue weighted by atomic mass is 19.4.